The van der Waals surface area contributed by atoms with Crippen LogP contribution in [0, 0.1) is 13.8 Å². The maximum atomic E-state index is 12.2. The van der Waals surface area contributed by atoms with Crippen LogP contribution < -0.4 is 10.6 Å². The molecule has 2 aliphatic heterocycles. The predicted molar refractivity (Wildman–Crippen MR) is 87.3 cm³/mol. The maximum absolute atomic E-state index is 12.2. The number of anilines is 1. The molecule has 2 saturated heterocycles. The second-order valence-electron chi connectivity index (χ2n) is 6.60. The van der Waals surface area contributed by atoms with E-state index in [0.29, 0.717) is 12.1 Å². The summed E-state index contributed by atoms with van der Waals surface area (Å²) in [6.45, 7) is 8.78. The molecule has 1 aromatic rings. The first-order valence-corrected chi connectivity index (χ1v) is 8.01. The van der Waals surface area contributed by atoms with Crippen LogP contribution in [-0.2, 0) is 4.74 Å². The Morgan fingerprint density at radius 1 is 1.32 bits per heavy atom. The summed E-state index contributed by atoms with van der Waals surface area (Å²) in [5.41, 5.74) is 3.10. The number of morpholine rings is 1. The van der Waals surface area contributed by atoms with E-state index in [1.54, 1.807) is 0 Å². The quantitative estimate of drug-likeness (QED) is 0.881. The smallest absolute Gasteiger partial charge is 0.319 e. The Balaban J connectivity index is 1.55. The van der Waals surface area contributed by atoms with Crippen LogP contribution in [0.25, 0.3) is 0 Å². The molecule has 2 aliphatic rings. The van der Waals surface area contributed by atoms with Crippen molar-refractivity contribution < 1.29 is 9.53 Å². The number of nitrogens with zero attached hydrogens (tertiary/aromatic N) is 1. The third-order valence-corrected chi connectivity index (χ3v) is 4.57. The molecule has 5 heteroatoms. The fourth-order valence-electron chi connectivity index (χ4n) is 3.36. The van der Waals surface area contributed by atoms with Gasteiger partial charge in [-0.05, 0) is 44.4 Å². The first kappa shape index (κ1) is 15.3. The van der Waals surface area contributed by atoms with Crippen LogP contribution in [-0.4, -0.2) is 48.8 Å². The third kappa shape index (κ3) is 3.42. The lowest BCUT2D eigenvalue weighted by Gasteiger charge is -2.33. The number of fused-ring (bicyclic) bond motifs is 1. The van der Waals surface area contributed by atoms with Crippen LogP contribution in [0.4, 0.5) is 10.5 Å². The van der Waals surface area contributed by atoms with Gasteiger partial charge in [0.25, 0.3) is 0 Å². The number of aryl methyl sites for hydroxylation is 2. The van der Waals surface area contributed by atoms with E-state index in [1.807, 2.05) is 26.0 Å². The van der Waals surface area contributed by atoms with E-state index < -0.39 is 0 Å². The van der Waals surface area contributed by atoms with Crippen molar-refractivity contribution >= 4 is 11.7 Å². The molecule has 0 spiro atoms. The predicted octanol–water partition coefficient (Wildman–Crippen LogP) is 2.29. The van der Waals surface area contributed by atoms with Gasteiger partial charge in [0, 0.05) is 30.9 Å². The van der Waals surface area contributed by atoms with Gasteiger partial charge < -0.3 is 15.4 Å². The normalized spacial score (nSPS) is 28.2. The molecule has 0 aromatic heterocycles. The van der Waals surface area contributed by atoms with E-state index in [0.717, 1.165) is 42.9 Å². The lowest BCUT2D eigenvalue weighted by Crippen LogP contribution is -2.45. The third-order valence-electron chi connectivity index (χ3n) is 4.57. The second-order valence-corrected chi connectivity index (χ2v) is 6.60. The Morgan fingerprint density at radius 2 is 2.14 bits per heavy atom. The van der Waals surface area contributed by atoms with Crippen molar-refractivity contribution in [2.75, 3.05) is 25.0 Å². The highest BCUT2D eigenvalue weighted by Crippen LogP contribution is 2.23. The van der Waals surface area contributed by atoms with Crippen molar-refractivity contribution in [1.82, 2.24) is 10.2 Å². The highest BCUT2D eigenvalue weighted by Gasteiger charge is 2.36. The van der Waals surface area contributed by atoms with E-state index >= 15 is 0 Å². The summed E-state index contributed by atoms with van der Waals surface area (Å²) in [5, 5.41) is 6.07. The van der Waals surface area contributed by atoms with Crippen molar-refractivity contribution in [2.45, 2.75) is 45.4 Å². The van der Waals surface area contributed by atoms with Gasteiger partial charge in [-0.15, -0.1) is 0 Å². The average molecular weight is 303 g/mol. The second kappa shape index (κ2) is 6.26. The van der Waals surface area contributed by atoms with Crippen LogP contribution in [0.2, 0.25) is 0 Å². The molecule has 2 amide bonds. The lowest BCUT2D eigenvalue weighted by atomic mass is 10.1. The molecule has 0 bridgehead atoms. The number of amides is 2. The Kier molecular flexibility index (Phi) is 4.36. The van der Waals surface area contributed by atoms with E-state index in [2.05, 4.69) is 28.5 Å². The molecule has 0 unspecified atom stereocenters. The Bertz CT molecular complexity index is 561. The van der Waals surface area contributed by atoms with E-state index in [4.69, 9.17) is 4.74 Å². The number of benzene rings is 1. The van der Waals surface area contributed by atoms with E-state index in [9.17, 15) is 4.79 Å². The number of carbonyl (C=O) groups is 1. The first-order chi connectivity index (χ1) is 10.5. The largest absolute Gasteiger partial charge is 0.376 e. The summed E-state index contributed by atoms with van der Waals surface area (Å²) in [4.78, 5) is 14.7. The number of ether oxygens (including phenoxy) is 1. The zero-order valence-corrected chi connectivity index (χ0v) is 13.6. The van der Waals surface area contributed by atoms with Gasteiger partial charge in [0.1, 0.15) is 0 Å². The highest BCUT2D eigenvalue weighted by atomic mass is 16.5. The van der Waals surface area contributed by atoms with Crippen molar-refractivity contribution in [3.63, 3.8) is 0 Å². The van der Waals surface area contributed by atoms with Crippen molar-refractivity contribution in [2.24, 2.45) is 0 Å². The Hall–Kier alpha value is -1.59. The topological polar surface area (TPSA) is 53.6 Å². The van der Waals surface area contributed by atoms with Gasteiger partial charge in [0.15, 0.2) is 0 Å². The molecule has 2 heterocycles. The molecule has 2 N–H and O–H groups in total. The van der Waals surface area contributed by atoms with Crippen molar-refractivity contribution in [3.8, 4) is 0 Å². The van der Waals surface area contributed by atoms with Crippen LogP contribution in [0.1, 0.15) is 24.5 Å². The fourth-order valence-corrected chi connectivity index (χ4v) is 3.36. The maximum Gasteiger partial charge on any atom is 0.319 e. The van der Waals surface area contributed by atoms with Crippen LogP contribution in [0.5, 0.6) is 0 Å². The minimum absolute atomic E-state index is 0.118. The summed E-state index contributed by atoms with van der Waals surface area (Å²) in [7, 11) is 0. The summed E-state index contributed by atoms with van der Waals surface area (Å²) in [5.74, 6) is 0. The summed E-state index contributed by atoms with van der Waals surface area (Å²) in [6, 6.07) is 6.61. The van der Waals surface area contributed by atoms with Gasteiger partial charge in [-0.25, -0.2) is 4.79 Å². The zero-order valence-electron chi connectivity index (χ0n) is 13.6. The number of nitrogens with one attached hydrogen (secondary N) is 2. The number of carbonyl (C=O) groups excluding carboxylic acids is 1. The molecule has 22 heavy (non-hydrogen) atoms. The van der Waals surface area contributed by atoms with Crippen LogP contribution in [0.3, 0.4) is 0 Å². The molecule has 2 fully saturated rings. The molecular formula is C17H25N3O2. The Morgan fingerprint density at radius 3 is 2.95 bits per heavy atom. The molecule has 0 radical (unpaired) electrons. The van der Waals surface area contributed by atoms with Gasteiger partial charge in [-0.2, -0.15) is 0 Å². The Labute approximate surface area is 132 Å². The van der Waals surface area contributed by atoms with Gasteiger partial charge in [0.05, 0.1) is 12.7 Å². The summed E-state index contributed by atoms with van der Waals surface area (Å²) >= 11 is 0. The number of hydrogen-bond donors (Lipinski definition) is 2. The molecule has 1 aromatic carbocycles. The molecule has 0 saturated carbocycles. The average Bonchev–Trinajstić information content (AvgIpc) is 2.84. The SMILES string of the molecule is Cc1ccc(C)c(NC(=O)N[C@H]2C[C@H]3CO[C@@H](C)CN3C2)c1. The van der Waals surface area contributed by atoms with Gasteiger partial charge in [-0.1, -0.05) is 12.1 Å². The monoisotopic (exact) mass is 303 g/mol. The molecule has 3 atom stereocenters. The van der Waals surface area contributed by atoms with Crippen molar-refractivity contribution in [3.05, 3.63) is 29.3 Å². The van der Waals surface area contributed by atoms with E-state index in [-0.39, 0.29) is 12.1 Å². The summed E-state index contributed by atoms with van der Waals surface area (Å²) in [6.07, 6.45) is 1.26. The lowest BCUT2D eigenvalue weighted by molar-refractivity contribution is -0.0390. The van der Waals surface area contributed by atoms with Crippen LogP contribution >= 0.6 is 0 Å². The van der Waals surface area contributed by atoms with Crippen molar-refractivity contribution in [1.29, 1.82) is 0 Å². The fraction of sp³-hybridized carbons (Fsp3) is 0.588. The number of urea groups is 1. The zero-order chi connectivity index (χ0) is 15.7. The van der Waals surface area contributed by atoms with Gasteiger partial charge in [0.2, 0.25) is 0 Å². The van der Waals surface area contributed by atoms with E-state index in [1.165, 1.54) is 0 Å². The number of hydrogen-bond acceptors (Lipinski definition) is 3. The summed E-state index contributed by atoms with van der Waals surface area (Å²) < 4.78 is 5.70. The standard InChI is InChI=1S/C17H25N3O2/c1-11-4-5-12(2)16(6-11)19-17(21)18-14-7-15-10-22-13(3)8-20(15)9-14/h4-6,13-15H,7-10H2,1-3H3,(H2,18,19,21)/t13-,14-,15-/m0/s1. The minimum Gasteiger partial charge on any atom is -0.376 e. The minimum atomic E-state index is -0.118. The molecule has 5 nitrogen and oxygen atoms in total. The molecular weight excluding hydrogens is 278 g/mol. The molecule has 0 aliphatic carbocycles. The number of rotatable bonds is 2. The highest BCUT2D eigenvalue weighted by molar-refractivity contribution is 5.90. The van der Waals surface area contributed by atoms with Gasteiger partial charge >= 0.3 is 6.03 Å². The van der Waals surface area contributed by atoms with Gasteiger partial charge in [-0.3, -0.25) is 4.90 Å². The molecule has 3 rings (SSSR count). The first-order valence-electron chi connectivity index (χ1n) is 8.01. The van der Waals surface area contributed by atoms with Crippen LogP contribution in [0.15, 0.2) is 18.2 Å². The molecule has 120 valence electrons.